The number of carbonyl (C=O) groups is 2. The summed E-state index contributed by atoms with van der Waals surface area (Å²) in [5.74, 6) is 0.345. The number of benzene rings is 1. The molecule has 2 aliphatic rings. The molecule has 0 N–H and O–H groups in total. The van der Waals surface area contributed by atoms with E-state index in [9.17, 15) is 9.59 Å². The van der Waals surface area contributed by atoms with Gasteiger partial charge in [-0.2, -0.15) is 0 Å². The Balaban J connectivity index is 1.39. The van der Waals surface area contributed by atoms with Gasteiger partial charge in [0.05, 0.1) is 0 Å². The fourth-order valence-corrected chi connectivity index (χ4v) is 5.12. The van der Waals surface area contributed by atoms with Gasteiger partial charge >= 0.3 is 0 Å². The van der Waals surface area contributed by atoms with Crippen molar-refractivity contribution in [2.24, 2.45) is 5.92 Å². The quantitative estimate of drug-likeness (QED) is 0.789. The Labute approximate surface area is 170 Å². The minimum atomic E-state index is -0.0145. The number of aryl methyl sites for hydroxylation is 2. The van der Waals surface area contributed by atoms with Crippen molar-refractivity contribution in [3.63, 3.8) is 0 Å². The van der Waals surface area contributed by atoms with Gasteiger partial charge < -0.3 is 9.80 Å². The molecule has 0 unspecified atom stereocenters. The molecule has 0 atom stereocenters. The van der Waals surface area contributed by atoms with Crippen LogP contribution >= 0.6 is 11.3 Å². The molecular weight excluding hydrogens is 370 g/mol. The summed E-state index contributed by atoms with van der Waals surface area (Å²) < 4.78 is 0. The summed E-state index contributed by atoms with van der Waals surface area (Å²) in [6, 6.07) is 6.29. The van der Waals surface area contributed by atoms with Crippen LogP contribution in [0.25, 0.3) is 10.6 Å². The predicted molar refractivity (Wildman–Crippen MR) is 111 cm³/mol. The third-order valence-corrected chi connectivity index (χ3v) is 6.76. The smallest absolute Gasteiger partial charge is 0.273 e. The molecule has 3 heterocycles. The number of hydrogen-bond acceptors (Lipinski definition) is 4. The van der Waals surface area contributed by atoms with E-state index in [4.69, 9.17) is 0 Å². The van der Waals surface area contributed by atoms with Gasteiger partial charge in [0.15, 0.2) is 0 Å². The number of nitrogens with zero attached hydrogens (tertiary/aromatic N) is 3. The van der Waals surface area contributed by atoms with Gasteiger partial charge in [-0.25, -0.2) is 4.98 Å². The van der Waals surface area contributed by atoms with Crippen molar-refractivity contribution in [2.75, 3.05) is 26.2 Å². The molecule has 0 radical (unpaired) electrons. The Bertz CT molecular complexity index is 878. The molecule has 2 saturated heterocycles. The first-order chi connectivity index (χ1) is 13.5. The highest BCUT2D eigenvalue weighted by Crippen LogP contribution is 2.29. The second-order valence-electron chi connectivity index (χ2n) is 7.96. The topological polar surface area (TPSA) is 53.5 Å². The minimum absolute atomic E-state index is 0.0145. The largest absolute Gasteiger partial charge is 0.342 e. The molecule has 2 aromatic rings. The highest BCUT2D eigenvalue weighted by molar-refractivity contribution is 7.13. The predicted octanol–water partition coefficient (Wildman–Crippen LogP) is 3.90. The third kappa shape index (κ3) is 3.83. The number of piperidine rings is 1. The fourth-order valence-electron chi connectivity index (χ4n) is 4.24. The van der Waals surface area contributed by atoms with Crippen LogP contribution in [-0.4, -0.2) is 52.8 Å². The molecule has 28 heavy (non-hydrogen) atoms. The lowest BCUT2D eigenvalue weighted by atomic mass is 9.95. The Kier molecular flexibility index (Phi) is 5.49. The van der Waals surface area contributed by atoms with E-state index in [1.807, 2.05) is 15.2 Å². The number of carbonyl (C=O) groups excluding carboxylic acids is 2. The van der Waals surface area contributed by atoms with Crippen molar-refractivity contribution < 1.29 is 9.59 Å². The molecule has 0 saturated carbocycles. The maximum absolute atomic E-state index is 12.9. The second-order valence-corrected chi connectivity index (χ2v) is 8.81. The monoisotopic (exact) mass is 397 g/mol. The van der Waals surface area contributed by atoms with Crippen molar-refractivity contribution in [1.82, 2.24) is 14.8 Å². The first kappa shape index (κ1) is 19.1. The fraction of sp³-hybridized carbons (Fsp3) is 0.500. The summed E-state index contributed by atoms with van der Waals surface area (Å²) in [5, 5.41) is 2.75. The summed E-state index contributed by atoms with van der Waals surface area (Å²) in [6.45, 7) is 7.23. The van der Waals surface area contributed by atoms with Crippen molar-refractivity contribution >= 4 is 23.2 Å². The van der Waals surface area contributed by atoms with Crippen molar-refractivity contribution in [3.05, 3.63) is 40.4 Å². The Morgan fingerprint density at radius 3 is 2.43 bits per heavy atom. The van der Waals surface area contributed by atoms with Crippen LogP contribution in [0.4, 0.5) is 0 Å². The molecule has 2 fully saturated rings. The summed E-state index contributed by atoms with van der Waals surface area (Å²) >= 11 is 1.52. The van der Waals surface area contributed by atoms with Gasteiger partial charge in [-0.05, 0) is 45.1 Å². The Morgan fingerprint density at radius 1 is 1.04 bits per heavy atom. The summed E-state index contributed by atoms with van der Waals surface area (Å²) in [5.41, 5.74) is 4.00. The van der Waals surface area contributed by atoms with Crippen molar-refractivity contribution in [2.45, 2.75) is 39.5 Å². The standard InChI is InChI=1S/C22H27N3O2S/c1-15-5-6-18(16(2)13-15)20-23-19(14-28-20)22(27)25-11-7-17(8-12-25)21(26)24-9-3-4-10-24/h5-6,13-14,17H,3-4,7-12H2,1-2H3. The van der Waals surface area contributed by atoms with Gasteiger partial charge in [0.2, 0.25) is 5.91 Å². The van der Waals surface area contributed by atoms with Crippen molar-refractivity contribution in [3.8, 4) is 10.6 Å². The molecular formula is C22H27N3O2S. The first-order valence-electron chi connectivity index (χ1n) is 10.1. The number of rotatable bonds is 3. The number of amides is 2. The summed E-state index contributed by atoms with van der Waals surface area (Å²) in [6.07, 6.45) is 3.76. The van der Waals surface area contributed by atoms with E-state index in [2.05, 4.69) is 37.0 Å². The minimum Gasteiger partial charge on any atom is -0.342 e. The molecule has 2 aliphatic heterocycles. The molecule has 6 heteroatoms. The zero-order valence-electron chi connectivity index (χ0n) is 16.6. The first-order valence-corrected chi connectivity index (χ1v) is 11.0. The van der Waals surface area contributed by atoms with Gasteiger partial charge in [-0.15, -0.1) is 11.3 Å². The molecule has 1 aromatic heterocycles. The van der Waals surface area contributed by atoms with Crippen LogP contribution in [0.2, 0.25) is 0 Å². The van der Waals surface area contributed by atoms with E-state index in [1.165, 1.54) is 22.5 Å². The van der Waals surface area contributed by atoms with Gasteiger partial charge in [0.25, 0.3) is 5.91 Å². The summed E-state index contributed by atoms with van der Waals surface area (Å²) in [7, 11) is 0. The van der Waals surface area contributed by atoms with E-state index in [0.717, 1.165) is 49.3 Å². The van der Waals surface area contributed by atoms with Crippen LogP contribution in [0.15, 0.2) is 23.6 Å². The molecule has 148 valence electrons. The van der Waals surface area contributed by atoms with Crippen LogP contribution in [0.1, 0.15) is 47.3 Å². The van der Waals surface area contributed by atoms with E-state index >= 15 is 0 Å². The Hall–Kier alpha value is -2.21. The number of aromatic nitrogens is 1. The maximum Gasteiger partial charge on any atom is 0.273 e. The molecule has 4 rings (SSSR count). The van der Waals surface area contributed by atoms with Crippen molar-refractivity contribution in [1.29, 1.82) is 0 Å². The SMILES string of the molecule is Cc1ccc(-c2nc(C(=O)N3CCC(C(=O)N4CCCC4)CC3)cs2)c(C)c1. The number of hydrogen-bond donors (Lipinski definition) is 0. The average molecular weight is 398 g/mol. The number of thiazole rings is 1. The van der Waals surface area contributed by atoms with Gasteiger partial charge in [-0.3, -0.25) is 9.59 Å². The van der Waals surface area contributed by atoms with Gasteiger partial charge in [-0.1, -0.05) is 23.8 Å². The maximum atomic E-state index is 12.9. The van der Waals surface area contributed by atoms with E-state index in [-0.39, 0.29) is 17.7 Å². The third-order valence-electron chi connectivity index (χ3n) is 5.88. The zero-order valence-corrected chi connectivity index (χ0v) is 17.4. The van der Waals surface area contributed by atoms with Gasteiger partial charge in [0.1, 0.15) is 10.7 Å². The van der Waals surface area contributed by atoms with E-state index < -0.39 is 0 Å². The Morgan fingerprint density at radius 2 is 1.75 bits per heavy atom. The molecule has 5 nitrogen and oxygen atoms in total. The van der Waals surface area contributed by atoms with Crippen LogP contribution in [0.3, 0.4) is 0 Å². The van der Waals surface area contributed by atoms with Crippen LogP contribution < -0.4 is 0 Å². The van der Waals surface area contributed by atoms with Crippen LogP contribution in [-0.2, 0) is 4.79 Å². The normalized spacial score (nSPS) is 17.9. The molecule has 0 aliphatic carbocycles. The van der Waals surface area contributed by atoms with E-state index in [1.54, 1.807) is 0 Å². The molecule has 1 aromatic carbocycles. The van der Waals surface area contributed by atoms with E-state index in [0.29, 0.717) is 18.8 Å². The average Bonchev–Trinajstić information content (AvgIpc) is 3.39. The highest BCUT2D eigenvalue weighted by Gasteiger charge is 2.32. The summed E-state index contributed by atoms with van der Waals surface area (Å²) in [4.78, 5) is 33.9. The van der Waals surface area contributed by atoms with Crippen LogP contribution in [0, 0.1) is 19.8 Å². The highest BCUT2D eigenvalue weighted by atomic mass is 32.1. The second kappa shape index (κ2) is 8.03. The number of likely N-dealkylation sites (tertiary alicyclic amines) is 2. The van der Waals surface area contributed by atoms with Crippen LogP contribution in [0.5, 0.6) is 0 Å². The lowest BCUT2D eigenvalue weighted by Crippen LogP contribution is -2.43. The van der Waals surface area contributed by atoms with Gasteiger partial charge in [0, 0.05) is 43.0 Å². The molecule has 0 spiro atoms. The lowest BCUT2D eigenvalue weighted by Gasteiger charge is -2.32. The lowest BCUT2D eigenvalue weighted by molar-refractivity contribution is -0.135. The molecule has 2 amide bonds. The molecule has 0 bridgehead atoms. The zero-order chi connectivity index (χ0) is 19.7.